The number of rotatable bonds is 2. The minimum absolute atomic E-state index is 0.169. The number of thiazole rings is 1. The monoisotopic (exact) mass is 341 g/mol. The molecule has 1 aromatic heterocycles. The Labute approximate surface area is 142 Å². The maximum atomic E-state index is 12.7. The Kier molecular flexibility index (Phi) is 3.45. The third kappa shape index (κ3) is 2.41. The highest BCUT2D eigenvalue weighted by molar-refractivity contribution is 7.13. The van der Waals surface area contributed by atoms with Crippen molar-refractivity contribution in [3.8, 4) is 10.6 Å². The van der Waals surface area contributed by atoms with Crippen LogP contribution in [0.3, 0.4) is 0 Å². The standard InChI is InChI=1S/C17H15N3O3S/c21-13-8-17(16(23)19-13)6-7-20(10-17)15(22)12-9-24-14(18-12)11-4-2-1-3-5-11/h1-5,9H,6-8,10H2,(H,19,21,23)/t17-/m1/s1. The Balaban J connectivity index is 1.52. The topological polar surface area (TPSA) is 79.4 Å². The number of nitrogens with one attached hydrogen (secondary N) is 1. The van der Waals surface area contributed by atoms with Crippen molar-refractivity contribution in [2.75, 3.05) is 13.1 Å². The van der Waals surface area contributed by atoms with Crippen LogP contribution in [0.5, 0.6) is 0 Å². The molecule has 1 N–H and O–H groups in total. The summed E-state index contributed by atoms with van der Waals surface area (Å²) in [7, 11) is 0. The summed E-state index contributed by atoms with van der Waals surface area (Å²) in [4.78, 5) is 42.2. The summed E-state index contributed by atoms with van der Waals surface area (Å²) in [6.45, 7) is 0.749. The van der Waals surface area contributed by atoms with Crippen molar-refractivity contribution in [2.45, 2.75) is 12.8 Å². The SMILES string of the molecule is O=C1C[C@@]2(CCN(C(=O)c3csc(-c4ccccc4)n3)C2)C(=O)N1. The molecule has 1 atom stereocenters. The highest BCUT2D eigenvalue weighted by Crippen LogP contribution is 2.38. The number of benzene rings is 1. The van der Waals surface area contributed by atoms with Crippen LogP contribution in [0.25, 0.3) is 10.6 Å². The van der Waals surface area contributed by atoms with Gasteiger partial charge in [-0.05, 0) is 6.42 Å². The van der Waals surface area contributed by atoms with E-state index in [9.17, 15) is 14.4 Å². The van der Waals surface area contributed by atoms with Crippen molar-refractivity contribution >= 4 is 29.1 Å². The van der Waals surface area contributed by atoms with Gasteiger partial charge in [-0.3, -0.25) is 19.7 Å². The predicted octanol–water partition coefficient (Wildman–Crippen LogP) is 1.69. The zero-order valence-electron chi connectivity index (χ0n) is 12.8. The lowest BCUT2D eigenvalue weighted by atomic mass is 9.85. The van der Waals surface area contributed by atoms with Gasteiger partial charge in [-0.1, -0.05) is 30.3 Å². The Hall–Kier alpha value is -2.54. The third-order valence-electron chi connectivity index (χ3n) is 4.62. The van der Waals surface area contributed by atoms with Crippen molar-refractivity contribution in [3.63, 3.8) is 0 Å². The molecule has 2 saturated heterocycles. The van der Waals surface area contributed by atoms with E-state index in [0.29, 0.717) is 18.7 Å². The molecule has 0 radical (unpaired) electrons. The molecule has 7 heteroatoms. The molecular weight excluding hydrogens is 326 g/mol. The normalized spacial score (nSPS) is 23.1. The average Bonchev–Trinajstić information content (AvgIpc) is 3.28. The van der Waals surface area contributed by atoms with E-state index in [4.69, 9.17) is 0 Å². The fourth-order valence-electron chi connectivity index (χ4n) is 3.31. The molecule has 0 aliphatic carbocycles. The van der Waals surface area contributed by atoms with Crippen LogP contribution in [0.2, 0.25) is 0 Å². The summed E-state index contributed by atoms with van der Waals surface area (Å²) >= 11 is 1.42. The Morgan fingerprint density at radius 1 is 1.25 bits per heavy atom. The number of imide groups is 1. The summed E-state index contributed by atoms with van der Waals surface area (Å²) in [6.07, 6.45) is 0.688. The highest BCUT2D eigenvalue weighted by atomic mass is 32.1. The third-order valence-corrected chi connectivity index (χ3v) is 5.51. The Morgan fingerprint density at radius 3 is 2.75 bits per heavy atom. The maximum Gasteiger partial charge on any atom is 0.273 e. The summed E-state index contributed by atoms with van der Waals surface area (Å²) in [6, 6.07) is 9.69. The minimum atomic E-state index is -0.745. The number of hydrogen-bond acceptors (Lipinski definition) is 5. The number of nitrogens with zero attached hydrogens (tertiary/aromatic N) is 2. The van der Waals surface area contributed by atoms with Crippen molar-refractivity contribution in [2.24, 2.45) is 5.41 Å². The van der Waals surface area contributed by atoms with Crippen LogP contribution in [0.1, 0.15) is 23.3 Å². The van der Waals surface area contributed by atoms with Crippen LogP contribution in [-0.4, -0.2) is 40.7 Å². The molecule has 1 spiro atoms. The van der Waals surface area contributed by atoms with Gasteiger partial charge >= 0.3 is 0 Å². The molecule has 4 rings (SSSR count). The predicted molar refractivity (Wildman–Crippen MR) is 88.3 cm³/mol. The second-order valence-corrected chi connectivity index (χ2v) is 7.07. The Bertz CT molecular complexity index is 833. The lowest BCUT2D eigenvalue weighted by Gasteiger charge is -2.19. The van der Waals surface area contributed by atoms with Gasteiger partial charge in [0, 0.05) is 30.5 Å². The smallest absolute Gasteiger partial charge is 0.273 e. The largest absolute Gasteiger partial charge is 0.336 e. The van der Waals surface area contributed by atoms with Crippen molar-refractivity contribution in [3.05, 3.63) is 41.4 Å². The van der Waals surface area contributed by atoms with Crippen LogP contribution in [0.15, 0.2) is 35.7 Å². The van der Waals surface area contributed by atoms with Crippen molar-refractivity contribution in [1.82, 2.24) is 15.2 Å². The summed E-state index contributed by atoms with van der Waals surface area (Å²) in [5, 5.41) is 4.88. The fraction of sp³-hybridized carbons (Fsp3) is 0.294. The van der Waals surface area contributed by atoms with Gasteiger partial charge < -0.3 is 4.90 Å². The molecule has 0 saturated carbocycles. The molecule has 24 heavy (non-hydrogen) atoms. The van der Waals surface area contributed by atoms with Crippen LogP contribution in [0.4, 0.5) is 0 Å². The molecule has 2 aliphatic rings. The molecule has 1 aromatic carbocycles. The zero-order valence-corrected chi connectivity index (χ0v) is 13.6. The van der Waals surface area contributed by atoms with Crippen LogP contribution < -0.4 is 5.32 Å². The molecule has 6 nitrogen and oxygen atoms in total. The lowest BCUT2D eigenvalue weighted by Crippen LogP contribution is -2.36. The second-order valence-electron chi connectivity index (χ2n) is 6.22. The van der Waals surface area contributed by atoms with Gasteiger partial charge in [0.15, 0.2) is 0 Å². The number of hydrogen-bond donors (Lipinski definition) is 1. The maximum absolute atomic E-state index is 12.7. The number of amides is 3. The van der Waals surface area contributed by atoms with E-state index in [-0.39, 0.29) is 30.7 Å². The van der Waals surface area contributed by atoms with E-state index in [2.05, 4.69) is 10.3 Å². The van der Waals surface area contributed by atoms with Gasteiger partial charge in [0.2, 0.25) is 11.8 Å². The number of likely N-dealkylation sites (tertiary alicyclic amines) is 1. The first-order valence-corrected chi connectivity index (χ1v) is 8.60. The van der Waals surface area contributed by atoms with Crippen LogP contribution in [-0.2, 0) is 9.59 Å². The van der Waals surface area contributed by atoms with Crippen molar-refractivity contribution < 1.29 is 14.4 Å². The van der Waals surface area contributed by atoms with Gasteiger partial charge in [0.25, 0.3) is 5.91 Å². The molecule has 0 unspecified atom stereocenters. The van der Waals surface area contributed by atoms with E-state index >= 15 is 0 Å². The van der Waals surface area contributed by atoms with Crippen molar-refractivity contribution in [1.29, 1.82) is 0 Å². The fourth-order valence-corrected chi connectivity index (χ4v) is 4.11. The van der Waals surface area contributed by atoms with Gasteiger partial charge in [0.05, 0.1) is 5.41 Å². The van der Waals surface area contributed by atoms with Crippen LogP contribution in [0, 0.1) is 5.41 Å². The molecule has 3 heterocycles. The van der Waals surface area contributed by atoms with E-state index in [1.54, 1.807) is 10.3 Å². The Morgan fingerprint density at radius 2 is 2.04 bits per heavy atom. The molecular formula is C17H15N3O3S. The minimum Gasteiger partial charge on any atom is -0.336 e. The van der Waals surface area contributed by atoms with Gasteiger partial charge in [-0.15, -0.1) is 11.3 Å². The number of aromatic nitrogens is 1. The van der Waals surface area contributed by atoms with Crippen LogP contribution >= 0.6 is 11.3 Å². The quantitative estimate of drug-likeness (QED) is 0.843. The molecule has 122 valence electrons. The first-order valence-electron chi connectivity index (χ1n) is 7.72. The van der Waals surface area contributed by atoms with E-state index in [1.807, 2.05) is 30.3 Å². The number of carbonyl (C=O) groups is 3. The van der Waals surface area contributed by atoms with Gasteiger partial charge in [-0.2, -0.15) is 0 Å². The summed E-state index contributed by atoms with van der Waals surface area (Å²) in [5.74, 6) is -0.696. The molecule has 3 amide bonds. The lowest BCUT2D eigenvalue weighted by molar-refractivity contribution is -0.128. The summed E-state index contributed by atoms with van der Waals surface area (Å²) in [5.41, 5.74) is 0.617. The molecule has 2 aromatic rings. The average molecular weight is 341 g/mol. The molecule has 2 fully saturated rings. The van der Waals surface area contributed by atoms with E-state index < -0.39 is 5.41 Å². The first-order chi connectivity index (χ1) is 11.6. The second kappa shape index (κ2) is 5.52. The van der Waals surface area contributed by atoms with Gasteiger partial charge in [0.1, 0.15) is 10.7 Å². The first kappa shape index (κ1) is 15.0. The zero-order chi connectivity index (χ0) is 16.7. The number of carbonyl (C=O) groups excluding carboxylic acids is 3. The van der Waals surface area contributed by atoms with E-state index in [0.717, 1.165) is 10.6 Å². The molecule has 0 bridgehead atoms. The summed E-state index contributed by atoms with van der Waals surface area (Å²) < 4.78 is 0. The van der Waals surface area contributed by atoms with E-state index in [1.165, 1.54) is 11.3 Å². The highest BCUT2D eigenvalue weighted by Gasteiger charge is 2.52. The molecule has 2 aliphatic heterocycles. The van der Waals surface area contributed by atoms with Gasteiger partial charge in [-0.25, -0.2) is 4.98 Å².